The van der Waals surface area contributed by atoms with E-state index in [9.17, 15) is 9.59 Å². The van der Waals surface area contributed by atoms with Crippen LogP contribution in [0.1, 0.15) is 22.8 Å². The fraction of sp³-hybridized carbons (Fsp3) is 0.167. The number of carbonyl (C=O) groups excluding carboxylic acids is 2. The van der Waals surface area contributed by atoms with Crippen LogP contribution in [0.3, 0.4) is 0 Å². The van der Waals surface area contributed by atoms with Crippen LogP contribution in [0.25, 0.3) is 0 Å². The molecule has 0 bridgehead atoms. The van der Waals surface area contributed by atoms with E-state index >= 15 is 0 Å². The molecule has 0 aliphatic carbocycles. The number of ether oxygens (including phenoxy) is 1. The van der Waals surface area contributed by atoms with Crippen molar-refractivity contribution >= 4 is 11.9 Å². The zero-order chi connectivity index (χ0) is 12.0. The first-order valence-electron chi connectivity index (χ1n) is 4.72. The Morgan fingerprint density at radius 2 is 1.94 bits per heavy atom. The van der Waals surface area contributed by atoms with Crippen LogP contribution < -0.4 is 5.73 Å². The minimum Gasteiger partial charge on any atom is -0.462 e. The molecular formula is C12H11NO3. The highest BCUT2D eigenvalue weighted by molar-refractivity contribution is 5.92. The molecule has 0 aliphatic heterocycles. The Bertz CT molecular complexity index is 451. The van der Waals surface area contributed by atoms with E-state index in [-0.39, 0.29) is 5.97 Å². The lowest BCUT2D eigenvalue weighted by Crippen LogP contribution is -2.06. The summed E-state index contributed by atoms with van der Waals surface area (Å²) in [5.74, 6) is 3.71. The maximum Gasteiger partial charge on any atom is 0.338 e. The summed E-state index contributed by atoms with van der Waals surface area (Å²) >= 11 is 0. The summed E-state index contributed by atoms with van der Waals surface area (Å²) in [5, 5.41) is 0. The van der Waals surface area contributed by atoms with Gasteiger partial charge < -0.3 is 10.5 Å². The Labute approximate surface area is 93.4 Å². The summed E-state index contributed by atoms with van der Waals surface area (Å²) in [6.07, 6.45) is 0. The Morgan fingerprint density at radius 1 is 1.31 bits per heavy atom. The van der Waals surface area contributed by atoms with Crippen LogP contribution in [0.4, 0.5) is 0 Å². The molecule has 0 aromatic heterocycles. The second kappa shape index (κ2) is 5.56. The Kier molecular flexibility index (Phi) is 4.10. The first-order valence-corrected chi connectivity index (χ1v) is 4.72. The molecule has 0 unspecified atom stereocenters. The number of primary amides is 1. The van der Waals surface area contributed by atoms with Gasteiger partial charge in [0.25, 0.3) is 5.91 Å². The zero-order valence-electron chi connectivity index (χ0n) is 8.82. The molecule has 0 fully saturated rings. The standard InChI is InChI=1S/C12H11NO3/c1-2-16-12(15)10-6-3-9(4-7-10)5-8-11(13)14/h3-4,6-7H,2H2,1H3,(H2,13,14). The fourth-order valence-corrected chi connectivity index (χ4v) is 1.04. The van der Waals surface area contributed by atoms with Crippen molar-refractivity contribution < 1.29 is 14.3 Å². The number of hydrogen-bond acceptors (Lipinski definition) is 3. The fourth-order valence-electron chi connectivity index (χ4n) is 1.04. The lowest BCUT2D eigenvalue weighted by atomic mass is 10.1. The molecule has 0 radical (unpaired) electrons. The smallest absolute Gasteiger partial charge is 0.338 e. The van der Waals surface area contributed by atoms with E-state index < -0.39 is 5.91 Å². The first-order chi connectivity index (χ1) is 7.63. The largest absolute Gasteiger partial charge is 0.462 e. The number of amides is 1. The molecule has 0 spiro atoms. The van der Waals surface area contributed by atoms with E-state index in [1.807, 2.05) is 0 Å². The molecule has 2 N–H and O–H groups in total. The van der Waals surface area contributed by atoms with Crippen LogP contribution in [0.15, 0.2) is 24.3 Å². The van der Waals surface area contributed by atoms with Crippen molar-refractivity contribution in [2.24, 2.45) is 5.73 Å². The number of nitrogens with two attached hydrogens (primary N) is 1. The quantitative estimate of drug-likeness (QED) is 0.585. The highest BCUT2D eigenvalue weighted by atomic mass is 16.5. The van der Waals surface area contributed by atoms with Crippen molar-refractivity contribution in [3.63, 3.8) is 0 Å². The Hall–Kier alpha value is -2.28. The summed E-state index contributed by atoms with van der Waals surface area (Å²) < 4.78 is 4.82. The van der Waals surface area contributed by atoms with Crippen molar-refractivity contribution in [1.82, 2.24) is 0 Å². The average molecular weight is 217 g/mol. The van der Waals surface area contributed by atoms with Gasteiger partial charge in [-0.1, -0.05) is 5.92 Å². The molecule has 0 saturated heterocycles. The molecule has 1 aromatic carbocycles. The van der Waals surface area contributed by atoms with Gasteiger partial charge in [-0.3, -0.25) is 4.79 Å². The molecule has 0 heterocycles. The van der Waals surface area contributed by atoms with E-state index in [0.29, 0.717) is 17.7 Å². The van der Waals surface area contributed by atoms with Gasteiger partial charge in [0.2, 0.25) is 0 Å². The van der Waals surface area contributed by atoms with Gasteiger partial charge >= 0.3 is 5.97 Å². The maximum atomic E-state index is 11.3. The van der Waals surface area contributed by atoms with Crippen LogP contribution in [0, 0.1) is 11.8 Å². The number of rotatable bonds is 2. The summed E-state index contributed by atoms with van der Waals surface area (Å²) in [6, 6.07) is 6.43. The molecule has 0 saturated carbocycles. The average Bonchev–Trinajstić information content (AvgIpc) is 2.27. The topological polar surface area (TPSA) is 69.4 Å². The van der Waals surface area contributed by atoms with Gasteiger partial charge in [0.1, 0.15) is 0 Å². The third kappa shape index (κ3) is 3.46. The second-order valence-electron chi connectivity index (χ2n) is 2.91. The Balaban J connectivity index is 2.80. The normalized spacial score (nSPS) is 8.81. The van der Waals surface area contributed by atoms with E-state index in [1.165, 1.54) is 0 Å². The minimum absolute atomic E-state index is 0.335. The number of esters is 1. The number of carbonyl (C=O) groups is 2. The van der Waals surface area contributed by atoms with Crippen molar-refractivity contribution in [2.45, 2.75) is 6.92 Å². The van der Waals surface area contributed by atoms with Crippen LogP contribution in [-0.4, -0.2) is 18.5 Å². The third-order valence-electron chi connectivity index (χ3n) is 1.73. The lowest BCUT2D eigenvalue weighted by Gasteiger charge is -2.00. The van der Waals surface area contributed by atoms with Crippen molar-refractivity contribution in [2.75, 3.05) is 6.61 Å². The van der Waals surface area contributed by atoms with Gasteiger partial charge in [-0.15, -0.1) is 0 Å². The van der Waals surface area contributed by atoms with E-state index in [2.05, 4.69) is 11.8 Å². The molecule has 16 heavy (non-hydrogen) atoms. The van der Waals surface area contributed by atoms with E-state index in [1.54, 1.807) is 31.2 Å². The van der Waals surface area contributed by atoms with Crippen molar-refractivity contribution in [1.29, 1.82) is 0 Å². The third-order valence-corrected chi connectivity index (χ3v) is 1.73. The molecule has 0 aliphatic rings. The lowest BCUT2D eigenvalue weighted by molar-refractivity contribution is -0.112. The summed E-state index contributed by atoms with van der Waals surface area (Å²) in [7, 11) is 0. The summed E-state index contributed by atoms with van der Waals surface area (Å²) in [6.45, 7) is 2.08. The van der Waals surface area contributed by atoms with Gasteiger partial charge in [0, 0.05) is 5.56 Å². The zero-order valence-corrected chi connectivity index (χ0v) is 8.82. The molecule has 1 amide bonds. The van der Waals surface area contributed by atoms with E-state index in [4.69, 9.17) is 10.5 Å². The van der Waals surface area contributed by atoms with Gasteiger partial charge in [0.05, 0.1) is 12.2 Å². The van der Waals surface area contributed by atoms with Gasteiger partial charge in [-0.25, -0.2) is 4.79 Å². The predicted octanol–water partition coefficient (Wildman–Crippen LogP) is 0.700. The molecule has 1 rings (SSSR count). The molecular weight excluding hydrogens is 206 g/mol. The first kappa shape index (κ1) is 11.8. The van der Waals surface area contributed by atoms with E-state index in [0.717, 1.165) is 0 Å². The van der Waals surface area contributed by atoms with Crippen molar-refractivity contribution in [3.8, 4) is 11.8 Å². The van der Waals surface area contributed by atoms with Crippen LogP contribution >= 0.6 is 0 Å². The SMILES string of the molecule is CCOC(=O)c1ccc(C#CC(N)=O)cc1. The van der Waals surface area contributed by atoms with Gasteiger partial charge in [-0.2, -0.15) is 0 Å². The Morgan fingerprint density at radius 3 is 2.44 bits per heavy atom. The molecule has 0 atom stereocenters. The highest BCUT2D eigenvalue weighted by Gasteiger charge is 2.04. The summed E-state index contributed by atoms with van der Waals surface area (Å²) in [5.41, 5.74) is 5.94. The predicted molar refractivity (Wildman–Crippen MR) is 58.5 cm³/mol. The van der Waals surface area contributed by atoms with Crippen LogP contribution in [0.2, 0.25) is 0 Å². The molecule has 82 valence electrons. The molecule has 4 heteroatoms. The highest BCUT2D eigenvalue weighted by Crippen LogP contribution is 2.04. The molecule has 4 nitrogen and oxygen atoms in total. The number of hydrogen-bond donors (Lipinski definition) is 1. The van der Waals surface area contributed by atoms with Crippen LogP contribution in [-0.2, 0) is 9.53 Å². The minimum atomic E-state index is -0.686. The monoisotopic (exact) mass is 217 g/mol. The van der Waals surface area contributed by atoms with Crippen molar-refractivity contribution in [3.05, 3.63) is 35.4 Å². The summed E-state index contributed by atoms with van der Waals surface area (Å²) in [4.78, 5) is 21.7. The van der Waals surface area contributed by atoms with Gasteiger partial charge in [0.15, 0.2) is 0 Å². The maximum absolute atomic E-state index is 11.3. The van der Waals surface area contributed by atoms with Gasteiger partial charge in [-0.05, 0) is 37.1 Å². The molecule has 1 aromatic rings. The number of benzene rings is 1. The van der Waals surface area contributed by atoms with Crippen LogP contribution in [0.5, 0.6) is 0 Å². The second-order valence-corrected chi connectivity index (χ2v) is 2.91.